The van der Waals surface area contributed by atoms with E-state index in [-0.39, 0.29) is 17.6 Å². The van der Waals surface area contributed by atoms with Gasteiger partial charge in [-0.15, -0.1) is 0 Å². The largest absolute Gasteiger partial charge is 0.365 e. The molecule has 1 atom stereocenters. The molecule has 0 aromatic heterocycles. The van der Waals surface area contributed by atoms with Crippen LogP contribution in [0.3, 0.4) is 0 Å². The molecule has 0 aliphatic heterocycles. The summed E-state index contributed by atoms with van der Waals surface area (Å²) in [5.74, 6) is -0.265. The summed E-state index contributed by atoms with van der Waals surface area (Å²) in [5, 5.41) is 3.06. The lowest BCUT2D eigenvalue weighted by Gasteiger charge is -2.35. The van der Waals surface area contributed by atoms with E-state index in [1.54, 1.807) is 14.1 Å². The summed E-state index contributed by atoms with van der Waals surface area (Å²) in [4.78, 5) is 14.7. The molecule has 6 nitrogen and oxygen atoms in total. The van der Waals surface area contributed by atoms with Gasteiger partial charge in [0.2, 0.25) is 5.91 Å². The summed E-state index contributed by atoms with van der Waals surface area (Å²) in [6.45, 7) is 3.84. The number of nitrogens with one attached hydrogen (secondary N) is 1. The average Bonchev–Trinajstić information content (AvgIpc) is 2.61. The number of nitrogens with zero attached hydrogens (tertiary/aromatic N) is 2. The monoisotopic (exact) mass is 383 g/mol. The van der Waals surface area contributed by atoms with E-state index >= 15 is 0 Å². The Bertz CT molecular complexity index is 737. The van der Waals surface area contributed by atoms with Gasteiger partial charge in [-0.1, -0.05) is 49.6 Å². The number of amides is 1. The molecule has 0 aliphatic rings. The minimum atomic E-state index is -2.58. The number of hydrogen-bond acceptors (Lipinski definition) is 5. The zero-order valence-electron chi connectivity index (χ0n) is 15.1. The van der Waals surface area contributed by atoms with Crippen LogP contribution in [0.5, 0.6) is 0 Å². The molecule has 8 heteroatoms. The topological polar surface area (TPSA) is 78.8 Å². The van der Waals surface area contributed by atoms with Crippen molar-refractivity contribution in [2.45, 2.75) is 38.5 Å². The summed E-state index contributed by atoms with van der Waals surface area (Å²) in [6.07, 6.45) is 2.13. The number of thiocarbonyl (C=S) groups is 1. The van der Waals surface area contributed by atoms with Gasteiger partial charge in [0.1, 0.15) is 0 Å². The number of carbonyl (C=O) groups excluding carboxylic acids is 1. The molecular weight excluding hydrogens is 358 g/mol. The molecule has 0 radical (unpaired) electrons. The predicted octanol–water partition coefficient (Wildman–Crippen LogP) is 2.45. The highest BCUT2D eigenvalue weighted by Gasteiger charge is 2.42. The molecule has 0 saturated heterocycles. The maximum absolute atomic E-state index is 13.3. The van der Waals surface area contributed by atoms with Crippen LogP contribution in [0.25, 0.3) is 0 Å². The fourth-order valence-electron chi connectivity index (χ4n) is 2.71. The molecule has 0 bridgehead atoms. The van der Waals surface area contributed by atoms with Crippen molar-refractivity contribution in [1.82, 2.24) is 10.2 Å². The van der Waals surface area contributed by atoms with Crippen molar-refractivity contribution in [2.75, 3.05) is 20.6 Å². The maximum Gasteiger partial charge on any atom is 0.311 e. The van der Waals surface area contributed by atoms with Crippen molar-refractivity contribution < 1.29 is 13.2 Å². The Balaban J connectivity index is 3.52. The zero-order chi connectivity index (χ0) is 19.0. The first-order valence-electron chi connectivity index (χ1n) is 8.12. The van der Waals surface area contributed by atoms with Gasteiger partial charge < -0.3 is 5.32 Å². The first-order valence-corrected chi connectivity index (χ1v) is 9.56. The number of carbonyl (C=O) groups is 1. The molecule has 25 heavy (non-hydrogen) atoms. The van der Waals surface area contributed by atoms with Gasteiger partial charge in [-0.2, -0.15) is 12.8 Å². The van der Waals surface area contributed by atoms with Gasteiger partial charge in [0.25, 0.3) is 0 Å². The third-order valence-electron chi connectivity index (χ3n) is 4.23. The van der Waals surface area contributed by atoms with Gasteiger partial charge in [0.05, 0.1) is 12.0 Å². The first-order chi connectivity index (χ1) is 11.8. The summed E-state index contributed by atoms with van der Waals surface area (Å²) in [6, 6.07) is 7.55. The minimum Gasteiger partial charge on any atom is -0.365 e. The van der Waals surface area contributed by atoms with E-state index in [1.807, 2.05) is 38.1 Å². The molecule has 138 valence electrons. The Hall–Kier alpha value is -1.80. The van der Waals surface area contributed by atoms with Gasteiger partial charge >= 0.3 is 10.5 Å². The first kappa shape index (κ1) is 21.2. The molecule has 1 amide bonds. The third-order valence-corrected chi connectivity index (χ3v) is 5.05. The second-order valence-electron chi connectivity index (χ2n) is 5.98. The summed E-state index contributed by atoms with van der Waals surface area (Å²) >= 11 is 5.18. The van der Waals surface area contributed by atoms with Crippen molar-refractivity contribution in [3.05, 3.63) is 35.4 Å². The van der Waals surface area contributed by atoms with Crippen LogP contribution < -0.4 is 5.32 Å². The van der Waals surface area contributed by atoms with Crippen LogP contribution in [-0.2, 0) is 20.7 Å². The summed E-state index contributed by atoms with van der Waals surface area (Å²) in [7, 11) is 0.647. The molecule has 1 aromatic carbocycles. The third kappa shape index (κ3) is 5.34. The number of hydrogen-bond donors (Lipinski definition) is 1. The quantitative estimate of drug-likeness (QED) is 0.732. The number of unbranched alkanes of at least 4 members (excludes halogenated alkanes) is 1. The highest BCUT2D eigenvalue weighted by atomic mass is 32.2. The molecule has 0 heterocycles. The van der Waals surface area contributed by atoms with Crippen LogP contribution >= 0.6 is 12.2 Å². The van der Waals surface area contributed by atoms with E-state index in [0.29, 0.717) is 6.42 Å². The lowest BCUT2D eigenvalue weighted by Crippen LogP contribution is -2.51. The summed E-state index contributed by atoms with van der Waals surface area (Å²) in [5.41, 5.74) is 0.736. The Morgan fingerprint density at radius 2 is 1.92 bits per heavy atom. The van der Waals surface area contributed by atoms with E-state index in [0.717, 1.165) is 24.0 Å². The van der Waals surface area contributed by atoms with Gasteiger partial charge in [-0.25, -0.2) is 0 Å². The molecule has 1 rings (SSSR count). The van der Waals surface area contributed by atoms with Crippen LogP contribution in [0.15, 0.2) is 28.6 Å². The zero-order valence-corrected chi connectivity index (χ0v) is 16.7. The number of benzene rings is 1. The molecule has 0 fully saturated rings. The lowest BCUT2D eigenvalue weighted by molar-refractivity contribution is -0.132. The van der Waals surface area contributed by atoms with Crippen molar-refractivity contribution in [1.29, 1.82) is 0 Å². The van der Waals surface area contributed by atoms with Gasteiger partial charge in [0, 0.05) is 14.1 Å². The van der Waals surface area contributed by atoms with Crippen LogP contribution in [0.1, 0.15) is 37.3 Å². The molecular formula is C17H25N3O3S2. The minimum absolute atomic E-state index is 0.137. The second-order valence-corrected chi connectivity index (χ2v) is 7.05. The van der Waals surface area contributed by atoms with Crippen LogP contribution in [0.4, 0.5) is 0 Å². The number of rotatable bonds is 7. The van der Waals surface area contributed by atoms with Gasteiger partial charge in [-0.05, 0) is 31.1 Å². The van der Waals surface area contributed by atoms with E-state index in [9.17, 15) is 13.2 Å². The van der Waals surface area contributed by atoms with E-state index in [2.05, 4.69) is 9.68 Å². The van der Waals surface area contributed by atoms with Crippen molar-refractivity contribution in [3.8, 4) is 0 Å². The van der Waals surface area contributed by atoms with Crippen molar-refractivity contribution >= 4 is 33.7 Å². The fraction of sp³-hybridized carbons (Fsp3) is 0.529. The molecule has 1 aromatic rings. The highest BCUT2D eigenvalue weighted by Crippen LogP contribution is 2.33. The normalized spacial score (nSPS) is 12.8. The Morgan fingerprint density at radius 1 is 1.32 bits per heavy atom. The maximum atomic E-state index is 13.3. The number of likely N-dealkylation sites (N-methyl/N-ethyl adjacent to an activating group) is 1. The SMILES string of the molecule is CCCCC(CN=S(=O)=O)(C(=O)N(C)C(=S)NC)c1ccc(C)cc1. The smallest absolute Gasteiger partial charge is 0.311 e. The molecule has 0 aliphatic carbocycles. The Kier molecular flexibility index (Phi) is 8.18. The van der Waals surface area contributed by atoms with Gasteiger partial charge in [0.15, 0.2) is 5.11 Å². The standard InChI is InChI=1S/C17H25N3O3S2/c1-5-6-11-17(12-19-25(22)23,14-9-7-13(2)8-10-14)15(21)20(4)16(24)18-3/h7-10H,5-6,11-12H2,1-4H3,(H,18,24). The van der Waals surface area contributed by atoms with Crippen molar-refractivity contribution in [3.63, 3.8) is 0 Å². The highest BCUT2D eigenvalue weighted by molar-refractivity contribution is 7.80. The van der Waals surface area contributed by atoms with Crippen molar-refractivity contribution in [2.24, 2.45) is 4.36 Å². The van der Waals surface area contributed by atoms with Crippen LogP contribution in [0.2, 0.25) is 0 Å². The predicted molar refractivity (Wildman–Crippen MR) is 103 cm³/mol. The molecule has 1 N–H and O–H groups in total. The Labute approximate surface area is 156 Å². The molecule has 0 spiro atoms. The molecule has 1 unspecified atom stereocenters. The average molecular weight is 384 g/mol. The fourth-order valence-corrected chi connectivity index (χ4v) is 3.12. The van der Waals surface area contributed by atoms with Gasteiger partial charge in [-0.3, -0.25) is 9.69 Å². The molecule has 0 saturated carbocycles. The van der Waals surface area contributed by atoms with Crippen LogP contribution in [-0.4, -0.2) is 45.0 Å². The lowest BCUT2D eigenvalue weighted by atomic mass is 9.75. The number of aryl methyl sites for hydroxylation is 1. The summed E-state index contributed by atoms with van der Waals surface area (Å²) < 4.78 is 25.8. The van der Waals surface area contributed by atoms with E-state index in [4.69, 9.17) is 12.2 Å². The van der Waals surface area contributed by atoms with E-state index < -0.39 is 15.9 Å². The second kappa shape index (κ2) is 9.62. The van der Waals surface area contributed by atoms with Crippen LogP contribution in [0, 0.1) is 6.92 Å². The Morgan fingerprint density at radius 3 is 2.40 bits per heavy atom. The van der Waals surface area contributed by atoms with E-state index in [1.165, 1.54) is 4.90 Å².